The summed E-state index contributed by atoms with van der Waals surface area (Å²) in [6.07, 6.45) is 10.8. The van der Waals surface area contributed by atoms with E-state index in [2.05, 4.69) is 20.3 Å². The molecule has 2 heterocycles. The first-order valence-electron chi connectivity index (χ1n) is 6.32. The van der Waals surface area contributed by atoms with Crippen molar-refractivity contribution in [3.63, 3.8) is 0 Å². The second-order valence-electron chi connectivity index (χ2n) is 4.70. The van der Waals surface area contributed by atoms with E-state index in [-0.39, 0.29) is 0 Å². The predicted molar refractivity (Wildman–Crippen MR) is 68.9 cm³/mol. The minimum atomic E-state index is 0.722. The van der Waals surface area contributed by atoms with Gasteiger partial charge in [0, 0.05) is 49.4 Å². The van der Waals surface area contributed by atoms with Gasteiger partial charge in [0.1, 0.15) is 5.82 Å². The van der Waals surface area contributed by atoms with Crippen LogP contribution in [0, 0.1) is 0 Å². The van der Waals surface area contributed by atoms with Crippen LogP contribution in [0.1, 0.15) is 29.8 Å². The lowest BCUT2D eigenvalue weighted by Crippen LogP contribution is -2.15. The maximum Gasteiger partial charge on any atom is 0.132 e. The summed E-state index contributed by atoms with van der Waals surface area (Å²) in [5, 5.41) is 3.45. The van der Waals surface area contributed by atoms with Crippen molar-refractivity contribution in [2.45, 2.75) is 31.8 Å². The van der Waals surface area contributed by atoms with Crippen molar-refractivity contribution in [2.24, 2.45) is 0 Å². The first-order chi connectivity index (χ1) is 8.90. The van der Waals surface area contributed by atoms with E-state index in [1.54, 1.807) is 6.20 Å². The van der Waals surface area contributed by atoms with E-state index in [0.29, 0.717) is 0 Å². The first-order valence-corrected chi connectivity index (χ1v) is 6.32. The SMILES string of the molecule is c1cncc(Cc2ncc(CNC3CC3)cn2)c1. The van der Waals surface area contributed by atoms with Gasteiger partial charge in [-0.15, -0.1) is 0 Å². The van der Waals surface area contributed by atoms with E-state index in [9.17, 15) is 0 Å². The van der Waals surface area contributed by atoms with Crippen LogP contribution < -0.4 is 5.32 Å². The number of rotatable bonds is 5. The molecule has 0 spiro atoms. The Balaban J connectivity index is 1.59. The zero-order chi connectivity index (χ0) is 12.2. The summed E-state index contributed by atoms with van der Waals surface area (Å²) in [6, 6.07) is 4.70. The highest BCUT2D eigenvalue weighted by molar-refractivity contribution is 5.15. The quantitative estimate of drug-likeness (QED) is 0.864. The molecule has 0 atom stereocenters. The molecule has 18 heavy (non-hydrogen) atoms. The van der Waals surface area contributed by atoms with Gasteiger partial charge in [-0.1, -0.05) is 6.07 Å². The molecule has 1 aliphatic carbocycles. The summed E-state index contributed by atoms with van der Waals surface area (Å²) in [5.41, 5.74) is 2.29. The summed E-state index contributed by atoms with van der Waals surface area (Å²) >= 11 is 0. The summed E-state index contributed by atoms with van der Waals surface area (Å²) < 4.78 is 0. The van der Waals surface area contributed by atoms with Crippen LogP contribution >= 0.6 is 0 Å². The van der Waals surface area contributed by atoms with Gasteiger partial charge in [0.25, 0.3) is 0 Å². The molecule has 4 nitrogen and oxygen atoms in total. The van der Waals surface area contributed by atoms with Crippen LogP contribution in [-0.2, 0) is 13.0 Å². The Bertz CT molecular complexity index is 491. The van der Waals surface area contributed by atoms with Crippen molar-refractivity contribution >= 4 is 0 Å². The lowest BCUT2D eigenvalue weighted by Gasteiger charge is -2.03. The van der Waals surface area contributed by atoms with Gasteiger partial charge in [0.05, 0.1) is 0 Å². The van der Waals surface area contributed by atoms with Gasteiger partial charge in [-0.2, -0.15) is 0 Å². The fourth-order valence-corrected chi connectivity index (χ4v) is 1.80. The second-order valence-corrected chi connectivity index (χ2v) is 4.70. The minimum absolute atomic E-state index is 0.722. The highest BCUT2D eigenvalue weighted by atomic mass is 15.0. The third-order valence-electron chi connectivity index (χ3n) is 3.02. The minimum Gasteiger partial charge on any atom is -0.310 e. The monoisotopic (exact) mass is 240 g/mol. The molecule has 2 aromatic heterocycles. The molecular formula is C14H16N4. The average Bonchev–Trinajstić information content (AvgIpc) is 3.23. The van der Waals surface area contributed by atoms with Gasteiger partial charge in [-0.25, -0.2) is 9.97 Å². The molecule has 92 valence electrons. The van der Waals surface area contributed by atoms with E-state index in [1.165, 1.54) is 12.8 Å². The summed E-state index contributed by atoms with van der Waals surface area (Å²) in [4.78, 5) is 12.9. The van der Waals surface area contributed by atoms with E-state index in [1.807, 2.05) is 30.7 Å². The molecule has 2 aromatic rings. The molecule has 0 radical (unpaired) electrons. The van der Waals surface area contributed by atoms with Crippen LogP contribution in [0.2, 0.25) is 0 Å². The van der Waals surface area contributed by atoms with Crippen molar-refractivity contribution < 1.29 is 0 Å². The van der Waals surface area contributed by atoms with Crippen molar-refractivity contribution in [1.82, 2.24) is 20.3 Å². The largest absolute Gasteiger partial charge is 0.310 e. The van der Waals surface area contributed by atoms with E-state index >= 15 is 0 Å². The number of hydrogen-bond acceptors (Lipinski definition) is 4. The number of hydrogen-bond donors (Lipinski definition) is 1. The Kier molecular flexibility index (Phi) is 3.28. The van der Waals surface area contributed by atoms with Crippen LogP contribution in [0.5, 0.6) is 0 Å². The van der Waals surface area contributed by atoms with Gasteiger partial charge >= 0.3 is 0 Å². The molecule has 0 aromatic carbocycles. The van der Waals surface area contributed by atoms with Crippen LogP contribution in [0.25, 0.3) is 0 Å². The van der Waals surface area contributed by atoms with Crippen LogP contribution in [-0.4, -0.2) is 21.0 Å². The molecule has 1 saturated carbocycles. The third-order valence-corrected chi connectivity index (χ3v) is 3.02. The predicted octanol–water partition coefficient (Wildman–Crippen LogP) is 1.71. The lowest BCUT2D eigenvalue weighted by molar-refractivity contribution is 0.681. The van der Waals surface area contributed by atoms with E-state index in [4.69, 9.17) is 0 Å². The smallest absolute Gasteiger partial charge is 0.132 e. The topological polar surface area (TPSA) is 50.7 Å². The maximum absolute atomic E-state index is 4.39. The summed E-state index contributed by atoms with van der Waals surface area (Å²) in [6.45, 7) is 0.873. The van der Waals surface area contributed by atoms with Gasteiger partial charge in [-0.05, 0) is 24.5 Å². The first kappa shape index (κ1) is 11.3. The van der Waals surface area contributed by atoms with Gasteiger partial charge in [-0.3, -0.25) is 4.98 Å². The summed E-state index contributed by atoms with van der Waals surface area (Å²) in [7, 11) is 0. The molecule has 0 aliphatic heterocycles. The van der Waals surface area contributed by atoms with Crippen LogP contribution in [0.15, 0.2) is 36.9 Å². The Labute approximate surface area is 107 Å². The second kappa shape index (κ2) is 5.23. The number of pyridine rings is 1. The molecule has 0 unspecified atom stereocenters. The van der Waals surface area contributed by atoms with Crippen LogP contribution in [0.3, 0.4) is 0 Å². The Hall–Kier alpha value is -1.81. The molecule has 1 aliphatic rings. The molecule has 3 rings (SSSR count). The molecule has 4 heteroatoms. The van der Waals surface area contributed by atoms with E-state index < -0.39 is 0 Å². The summed E-state index contributed by atoms with van der Waals surface area (Å²) in [5.74, 6) is 0.846. The number of nitrogens with one attached hydrogen (secondary N) is 1. The molecule has 1 fully saturated rings. The zero-order valence-electron chi connectivity index (χ0n) is 10.2. The fraction of sp³-hybridized carbons (Fsp3) is 0.357. The van der Waals surface area contributed by atoms with Crippen molar-refractivity contribution in [2.75, 3.05) is 0 Å². The van der Waals surface area contributed by atoms with Crippen molar-refractivity contribution in [3.05, 3.63) is 53.9 Å². The van der Waals surface area contributed by atoms with Crippen LogP contribution in [0.4, 0.5) is 0 Å². The highest BCUT2D eigenvalue weighted by Crippen LogP contribution is 2.19. The van der Waals surface area contributed by atoms with Crippen molar-refractivity contribution in [3.8, 4) is 0 Å². The maximum atomic E-state index is 4.39. The Morgan fingerprint density at radius 3 is 2.61 bits per heavy atom. The van der Waals surface area contributed by atoms with Gasteiger partial charge in [0.15, 0.2) is 0 Å². The molecular weight excluding hydrogens is 224 g/mol. The average molecular weight is 240 g/mol. The Morgan fingerprint density at radius 1 is 1.11 bits per heavy atom. The highest BCUT2D eigenvalue weighted by Gasteiger charge is 2.19. The normalized spacial score (nSPS) is 14.7. The molecule has 0 saturated heterocycles. The standard InChI is InChI=1S/C14H16N4/c1-2-11(7-15-5-1)6-14-17-9-12(10-18-14)8-16-13-3-4-13/h1-2,5,7,9-10,13,16H,3-4,6,8H2. The van der Waals surface area contributed by atoms with Gasteiger partial charge in [0.2, 0.25) is 0 Å². The van der Waals surface area contributed by atoms with Crippen molar-refractivity contribution in [1.29, 1.82) is 0 Å². The molecule has 0 amide bonds. The number of nitrogens with zero attached hydrogens (tertiary/aromatic N) is 3. The molecule has 1 N–H and O–H groups in total. The van der Waals surface area contributed by atoms with Gasteiger partial charge < -0.3 is 5.32 Å². The lowest BCUT2D eigenvalue weighted by atomic mass is 10.2. The number of aromatic nitrogens is 3. The Morgan fingerprint density at radius 2 is 1.94 bits per heavy atom. The zero-order valence-corrected chi connectivity index (χ0v) is 10.2. The fourth-order valence-electron chi connectivity index (χ4n) is 1.80. The van der Waals surface area contributed by atoms with E-state index in [0.717, 1.165) is 36.0 Å². The molecule has 0 bridgehead atoms. The third kappa shape index (κ3) is 3.11.